The first kappa shape index (κ1) is 18.4. The minimum Gasteiger partial charge on any atom is -0.467 e. The Bertz CT molecular complexity index is 478. The SMILES string of the molecule is COC(=O)C(C[C@@H](Cc1ccccc1)SC(C)C)NC(=O)O. The molecule has 1 aromatic carbocycles. The number of amides is 1. The van der Waals surface area contributed by atoms with Crippen molar-refractivity contribution >= 4 is 23.8 Å². The van der Waals surface area contributed by atoms with Crippen LogP contribution in [0, 0.1) is 0 Å². The second-order valence-electron chi connectivity index (χ2n) is 5.26. The lowest BCUT2D eigenvalue weighted by Crippen LogP contribution is -2.43. The molecule has 1 rings (SSSR count). The lowest BCUT2D eigenvalue weighted by atomic mass is 10.0. The van der Waals surface area contributed by atoms with Gasteiger partial charge in [0, 0.05) is 5.25 Å². The van der Waals surface area contributed by atoms with Crippen LogP contribution in [0.5, 0.6) is 0 Å². The normalized spacial score (nSPS) is 13.5. The van der Waals surface area contributed by atoms with Gasteiger partial charge in [-0.15, -0.1) is 0 Å². The van der Waals surface area contributed by atoms with Gasteiger partial charge in [0.25, 0.3) is 0 Å². The molecule has 0 bridgehead atoms. The molecule has 0 saturated carbocycles. The summed E-state index contributed by atoms with van der Waals surface area (Å²) in [7, 11) is 1.26. The first-order chi connectivity index (χ1) is 10.4. The average Bonchev–Trinajstić information content (AvgIpc) is 2.45. The van der Waals surface area contributed by atoms with Gasteiger partial charge in [-0.1, -0.05) is 44.2 Å². The Kier molecular flexibility index (Phi) is 7.80. The number of esters is 1. The van der Waals surface area contributed by atoms with Crippen molar-refractivity contribution in [3.63, 3.8) is 0 Å². The maximum Gasteiger partial charge on any atom is 0.405 e. The molecule has 0 aliphatic rings. The summed E-state index contributed by atoms with van der Waals surface area (Å²) in [6, 6.07) is 9.12. The van der Waals surface area contributed by atoms with Crippen LogP contribution in [0.2, 0.25) is 0 Å². The lowest BCUT2D eigenvalue weighted by Gasteiger charge is -2.23. The molecule has 5 nitrogen and oxygen atoms in total. The lowest BCUT2D eigenvalue weighted by molar-refractivity contribution is -0.143. The summed E-state index contributed by atoms with van der Waals surface area (Å²) in [5.74, 6) is -0.551. The Balaban J connectivity index is 2.80. The largest absolute Gasteiger partial charge is 0.467 e. The second kappa shape index (κ2) is 9.35. The van der Waals surface area contributed by atoms with E-state index in [0.717, 1.165) is 6.42 Å². The minimum absolute atomic E-state index is 0.123. The second-order valence-corrected chi connectivity index (χ2v) is 7.14. The molecule has 0 radical (unpaired) electrons. The van der Waals surface area contributed by atoms with Crippen LogP contribution in [0.15, 0.2) is 30.3 Å². The molecule has 2 N–H and O–H groups in total. The van der Waals surface area contributed by atoms with Gasteiger partial charge in [-0.05, 0) is 23.7 Å². The molecule has 0 saturated heterocycles. The van der Waals surface area contributed by atoms with Crippen molar-refractivity contribution < 1.29 is 19.4 Å². The van der Waals surface area contributed by atoms with Crippen LogP contribution in [-0.2, 0) is 16.0 Å². The van der Waals surface area contributed by atoms with Crippen LogP contribution in [0.25, 0.3) is 0 Å². The van der Waals surface area contributed by atoms with Crippen LogP contribution in [-0.4, -0.2) is 40.8 Å². The Morgan fingerprint density at radius 3 is 2.41 bits per heavy atom. The molecular formula is C16H23NO4S. The molecule has 1 unspecified atom stereocenters. The summed E-state index contributed by atoms with van der Waals surface area (Å²) in [6.45, 7) is 4.17. The van der Waals surface area contributed by atoms with Crippen LogP contribution >= 0.6 is 11.8 Å². The fourth-order valence-corrected chi connectivity index (χ4v) is 3.58. The summed E-state index contributed by atoms with van der Waals surface area (Å²) in [5, 5.41) is 11.6. The summed E-state index contributed by atoms with van der Waals surface area (Å²) in [4.78, 5) is 22.6. The van der Waals surface area contributed by atoms with Crippen molar-refractivity contribution in [1.29, 1.82) is 0 Å². The summed E-state index contributed by atoms with van der Waals surface area (Å²) < 4.78 is 4.70. The molecule has 0 spiro atoms. The third-order valence-electron chi connectivity index (χ3n) is 3.05. The fourth-order valence-electron chi connectivity index (χ4n) is 2.22. The topological polar surface area (TPSA) is 75.6 Å². The van der Waals surface area contributed by atoms with Crippen molar-refractivity contribution in [3.05, 3.63) is 35.9 Å². The van der Waals surface area contributed by atoms with Gasteiger partial charge >= 0.3 is 12.1 Å². The number of nitrogens with one attached hydrogen (secondary N) is 1. The molecule has 0 fully saturated rings. The standard InChI is InChI=1S/C16H23NO4S/c1-11(2)22-13(9-12-7-5-4-6-8-12)10-14(15(18)21-3)17-16(19)20/h4-8,11,13-14,17H,9-10H2,1-3H3,(H,19,20)/t13-,14?/m1/s1. The maximum atomic E-state index is 11.8. The van der Waals surface area contributed by atoms with E-state index in [1.807, 2.05) is 30.3 Å². The van der Waals surface area contributed by atoms with Gasteiger partial charge in [0.1, 0.15) is 6.04 Å². The summed E-state index contributed by atoms with van der Waals surface area (Å²) in [5.41, 5.74) is 1.17. The molecule has 2 atom stereocenters. The zero-order chi connectivity index (χ0) is 16.5. The number of hydrogen-bond donors (Lipinski definition) is 2. The van der Waals surface area contributed by atoms with Crippen molar-refractivity contribution in [1.82, 2.24) is 5.32 Å². The highest BCUT2D eigenvalue weighted by molar-refractivity contribution is 8.00. The number of ether oxygens (including phenoxy) is 1. The molecule has 0 aliphatic heterocycles. The van der Waals surface area contributed by atoms with E-state index in [0.29, 0.717) is 11.7 Å². The molecular weight excluding hydrogens is 302 g/mol. The van der Waals surface area contributed by atoms with E-state index in [9.17, 15) is 9.59 Å². The Morgan fingerprint density at radius 1 is 1.27 bits per heavy atom. The molecule has 1 amide bonds. The van der Waals surface area contributed by atoms with Gasteiger partial charge in [-0.25, -0.2) is 9.59 Å². The van der Waals surface area contributed by atoms with Crippen LogP contribution < -0.4 is 5.32 Å². The third kappa shape index (κ3) is 6.85. The number of hydrogen-bond acceptors (Lipinski definition) is 4. The third-order valence-corrected chi connectivity index (χ3v) is 4.34. The molecule has 0 aliphatic carbocycles. The Morgan fingerprint density at radius 2 is 1.91 bits per heavy atom. The highest BCUT2D eigenvalue weighted by atomic mass is 32.2. The van der Waals surface area contributed by atoms with Crippen molar-refractivity contribution in [2.45, 2.75) is 43.2 Å². The number of methoxy groups -OCH3 is 1. The van der Waals surface area contributed by atoms with Crippen LogP contribution in [0.1, 0.15) is 25.8 Å². The molecule has 0 aromatic heterocycles. The average molecular weight is 325 g/mol. The van der Waals surface area contributed by atoms with Crippen molar-refractivity contribution in [2.75, 3.05) is 7.11 Å². The number of benzene rings is 1. The van der Waals surface area contributed by atoms with Crippen molar-refractivity contribution in [3.8, 4) is 0 Å². The van der Waals surface area contributed by atoms with E-state index >= 15 is 0 Å². The first-order valence-corrected chi connectivity index (χ1v) is 8.13. The van der Waals surface area contributed by atoms with Crippen LogP contribution in [0.4, 0.5) is 4.79 Å². The van der Waals surface area contributed by atoms with Gasteiger partial charge in [0.05, 0.1) is 7.11 Å². The fraction of sp³-hybridized carbons (Fsp3) is 0.500. The highest BCUT2D eigenvalue weighted by Crippen LogP contribution is 2.25. The number of carbonyl (C=O) groups is 2. The van der Waals surface area contributed by atoms with E-state index in [2.05, 4.69) is 19.2 Å². The van der Waals surface area contributed by atoms with E-state index in [1.54, 1.807) is 11.8 Å². The number of carbonyl (C=O) groups excluding carboxylic acids is 1. The molecule has 0 heterocycles. The van der Waals surface area contributed by atoms with Gasteiger partial charge in [-0.3, -0.25) is 0 Å². The number of carboxylic acid groups (broad SMARTS) is 1. The zero-order valence-corrected chi connectivity index (χ0v) is 13.9. The first-order valence-electron chi connectivity index (χ1n) is 7.19. The van der Waals surface area contributed by atoms with Crippen molar-refractivity contribution in [2.24, 2.45) is 0 Å². The molecule has 122 valence electrons. The van der Waals surface area contributed by atoms with Gasteiger partial charge in [0.2, 0.25) is 0 Å². The Hall–Kier alpha value is -1.69. The number of thioether (sulfide) groups is 1. The maximum absolute atomic E-state index is 11.8. The predicted octanol–water partition coefficient (Wildman–Crippen LogP) is 2.94. The van der Waals surface area contributed by atoms with E-state index in [1.165, 1.54) is 12.7 Å². The van der Waals surface area contributed by atoms with Gasteiger partial charge < -0.3 is 15.2 Å². The quantitative estimate of drug-likeness (QED) is 0.719. The summed E-state index contributed by atoms with van der Waals surface area (Å²) >= 11 is 1.74. The Labute approximate surface area is 135 Å². The number of rotatable bonds is 8. The molecule has 6 heteroatoms. The van der Waals surface area contributed by atoms with Crippen LogP contribution in [0.3, 0.4) is 0 Å². The highest BCUT2D eigenvalue weighted by Gasteiger charge is 2.26. The van der Waals surface area contributed by atoms with Gasteiger partial charge in [-0.2, -0.15) is 11.8 Å². The zero-order valence-electron chi connectivity index (χ0n) is 13.1. The predicted molar refractivity (Wildman–Crippen MR) is 88.2 cm³/mol. The monoisotopic (exact) mass is 325 g/mol. The van der Waals surface area contributed by atoms with E-state index in [4.69, 9.17) is 9.84 Å². The van der Waals surface area contributed by atoms with E-state index < -0.39 is 18.1 Å². The molecule has 1 aromatic rings. The minimum atomic E-state index is -1.22. The molecule has 22 heavy (non-hydrogen) atoms. The summed E-state index contributed by atoms with van der Waals surface area (Å²) in [6.07, 6.45) is -0.0433. The van der Waals surface area contributed by atoms with Gasteiger partial charge in [0.15, 0.2) is 0 Å². The smallest absolute Gasteiger partial charge is 0.405 e. The van der Waals surface area contributed by atoms with E-state index in [-0.39, 0.29) is 5.25 Å².